The van der Waals surface area contributed by atoms with E-state index in [9.17, 15) is 29.4 Å². The normalized spacial score (nSPS) is 19.1. The van der Waals surface area contributed by atoms with Crippen LogP contribution in [0, 0.1) is 0 Å². The van der Waals surface area contributed by atoms with Gasteiger partial charge in [0.1, 0.15) is 23.7 Å². The van der Waals surface area contributed by atoms with Crippen molar-refractivity contribution in [2.75, 3.05) is 27.3 Å². The summed E-state index contributed by atoms with van der Waals surface area (Å²) in [6.45, 7) is 3.85. The zero-order valence-electron chi connectivity index (χ0n) is 31.6. The van der Waals surface area contributed by atoms with E-state index in [1.807, 2.05) is 36.4 Å². The highest BCUT2D eigenvalue weighted by atomic mass is 16.5. The Morgan fingerprint density at radius 2 is 1.04 bits per heavy atom. The molecule has 294 valence electrons. The highest BCUT2D eigenvalue weighted by molar-refractivity contribution is 5.89. The SMILES string of the molecule is COC(=O)N[C@H](C(=O)N1CCC[C@H]1c1nc2cc(-c3ccc(-c4ccc5[nH]c([C@@H]6CCCN6C(=O)[C@@H](NC(=O)OC)[C@@H](C)O)nc5c4)cc3)ccc2[nH]1)[C@@H](C)O. The van der Waals surface area contributed by atoms with E-state index in [0.717, 1.165) is 57.2 Å². The van der Waals surface area contributed by atoms with Crippen molar-refractivity contribution in [2.24, 2.45) is 0 Å². The molecule has 16 nitrogen and oxygen atoms in total. The topological polar surface area (TPSA) is 215 Å². The molecular weight excluding hydrogens is 720 g/mol. The second-order valence-corrected chi connectivity index (χ2v) is 14.4. The number of likely N-dealkylation sites (tertiary alicyclic amines) is 2. The number of amides is 4. The number of aliphatic hydroxyl groups is 2. The van der Waals surface area contributed by atoms with Crippen molar-refractivity contribution in [3.05, 3.63) is 72.3 Å². The van der Waals surface area contributed by atoms with E-state index in [0.29, 0.717) is 37.6 Å². The maximum Gasteiger partial charge on any atom is 0.407 e. The molecule has 0 aliphatic carbocycles. The van der Waals surface area contributed by atoms with Gasteiger partial charge in [-0.1, -0.05) is 36.4 Å². The lowest BCUT2D eigenvalue weighted by atomic mass is 10.00. The molecule has 4 heterocycles. The van der Waals surface area contributed by atoms with Gasteiger partial charge in [-0.25, -0.2) is 19.6 Å². The highest BCUT2D eigenvalue weighted by Gasteiger charge is 2.39. The molecule has 6 atom stereocenters. The third-order valence-electron chi connectivity index (χ3n) is 10.7. The monoisotopic (exact) mass is 766 g/mol. The number of nitrogens with one attached hydrogen (secondary N) is 4. The van der Waals surface area contributed by atoms with E-state index in [4.69, 9.17) is 9.97 Å². The van der Waals surface area contributed by atoms with E-state index in [-0.39, 0.29) is 12.1 Å². The Balaban J connectivity index is 1.06. The Bertz CT molecular complexity index is 2090. The second kappa shape index (κ2) is 16.0. The van der Waals surface area contributed by atoms with Gasteiger partial charge in [0.15, 0.2) is 0 Å². The number of hydrogen-bond donors (Lipinski definition) is 6. The first-order valence-corrected chi connectivity index (χ1v) is 18.7. The fourth-order valence-corrected chi connectivity index (χ4v) is 7.72. The number of carbonyl (C=O) groups excluding carboxylic acids is 4. The van der Waals surface area contributed by atoms with Gasteiger partial charge in [-0.2, -0.15) is 0 Å². The van der Waals surface area contributed by atoms with Crippen molar-refractivity contribution >= 4 is 46.1 Å². The molecule has 0 spiro atoms. The number of fused-ring (bicyclic) bond motifs is 2. The van der Waals surface area contributed by atoms with Crippen LogP contribution in [0.1, 0.15) is 63.3 Å². The zero-order valence-corrected chi connectivity index (χ0v) is 31.6. The maximum atomic E-state index is 13.4. The predicted octanol–water partition coefficient (Wildman–Crippen LogP) is 4.31. The Kier molecular flexibility index (Phi) is 10.9. The number of H-pyrrole nitrogens is 2. The van der Waals surface area contributed by atoms with E-state index in [1.54, 1.807) is 9.80 Å². The fraction of sp³-hybridized carbons (Fsp3) is 0.400. The summed E-state index contributed by atoms with van der Waals surface area (Å²) in [4.78, 5) is 70.4. The van der Waals surface area contributed by atoms with Crippen LogP contribution in [-0.4, -0.2) is 116 Å². The molecule has 2 aromatic heterocycles. The lowest BCUT2D eigenvalue weighted by molar-refractivity contribution is -0.137. The van der Waals surface area contributed by atoms with Crippen molar-refractivity contribution in [1.82, 2.24) is 40.4 Å². The summed E-state index contributed by atoms with van der Waals surface area (Å²) in [6.07, 6.45) is -0.917. The van der Waals surface area contributed by atoms with Crippen molar-refractivity contribution in [3.63, 3.8) is 0 Å². The highest BCUT2D eigenvalue weighted by Crippen LogP contribution is 2.35. The fourth-order valence-electron chi connectivity index (χ4n) is 7.72. The Labute approximate surface area is 322 Å². The molecule has 7 rings (SSSR count). The van der Waals surface area contributed by atoms with Gasteiger partial charge in [0.2, 0.25) is 11.8 Å². The first-order valence-electron chi connectivity index (χ1n) is 18.7. The molecule has 2 fully saturated rings. The molecule has 0 bridgehead atoms. The smallest absolute Gasteiger partial charge is 0.407 e. The average Bonchev–Trinajstić information content (AvgIpc) is 4.03. The summed E-state index contributed by atoms with van der Waals surface area (Å²) in [5.41, 5.74) is 7.11. The van der Waals surface area contributed by atoms with Gasteiger partial charge in [-0.3, -0.25) is 9.59 Å². The first-order chi connectivity index (χ1) is 26.9. The number of alkyl carbamates (subject to hydrolysis) is 2. The van der Waals surface area contributed by atoms with E-state index in [1.165, 1.54) is 28.1 Å². The molecule has 16 heteroatoms. The van der Waals surface area contributed by atoms with Crippen molar-refractivity contribution < 1.29 is 38.9 Å². The number of methoxy groups -OCH3 is 2. The van der Waals surface area contributed by atoms with Crippen LogP contribution in [0.5, 0.6) is 0 Å². The first kappa shape index (κ1) is 38.3. The molecule has 0 saturated carbocycles. The van der Waals surface area contributed by atoms with Gasteiger partial charge in [0, 0.05) is 13.1 Å². The number of rotatable bonds is 10. The van der Waals surface area contributed by atoms with Gasteiger partial charge < -0.3 is 50.1 Å². The minimum atomic E-state index is -1.14. The number of aromatic nitrogens is 4. The third-order valence-corrected chi connectivity index (χ3v) is 10.7. The largest absolute Gasteiger partial charge is 0.453 e. The van der Waals surface area contributed by atoms with Crippen LogP contribution in [0.15, 0.2) is 60.7 Å². The van der Waals surface area contributed by atoms with Crippen molar-refractivity contribution in [2.45, 2.75) is 75.9 Å². The minimum absolute atomic E-state index is 0.335. The predicted molar refractivity (Wildman–Crippen MR) is 206 cm³/mol. The van der Waals surface area contributed by atoms with Crippen LogP contribution in [-0.2, 0) is 19.1 Å². The van der Waals surface area contributed by atoms with E-state index in [2.05, 4.69) is 54.3 Å². The van der Waals surface area contributed by atoms with Gasteiger partial charge in [0.25, 0.3) is 0 Å². The Morgan fingerprint density at radius 1 is 0.661 bits per heavy atom. The second-order valence-electron chi connectivity index (χ2n) is 14.4. The molecule has 4 amide bonds. The van der Waals surface area contributed by atoms with Gasteiger partial charge in [-0.05, 0) is 86.1 Å². The zero-order chi connectivity index (χ0) is 39.7. The van der Waals surface area contributed by atoms with Crippen LogP contribution in [0.2, 0.25) is 0 Å². The summed E-state index contributed by atoms with van der Waals surface area (Å²) in [5, 5.41) is 25.4. The summed E-state index contributed by atoms with van der Waals surface area (Å²) in [7, 11) is 2.41. The summed E-state index contributed by atoms with van der Waals surface area (Å²) < 4.78 is 9.31. The van der Waals surface area contributed by atoms with Crippen molar-refractivity contribution in [3.8, 4) is 22.3 Å². The van der Waals surface area contributed by atoms with Crippen LogP contribution in [0.3, 0.4) is 0 Å². The van der Waals surface area contributed by atoms with E-state index < -0.39 is 48.3 Å². The van der Waals surface area contributed by atoms with Gasteiger partial charge >= 0.3 is 12.2 Å². The average molecular weight is 767 g/mol. The van der Waals surface area contributed by atoms with Crippen LogP contribution < -0.4 is 10.6 Å². The van der Waals surface area contributed by atoms with Crippen molar-refractivity contribution in [1.29, 1.82) is 0 Å². The lowest BCUT2D eigenvalue weighted by Crippen LogP contribution is -2.53. The quantitative estimate of drug-likeness (QED) is 0.118. The molecule has 5 aromatic rings. The standard InChI is InChI=1S/C40H46N8O8/c1-21(49)33(45-39(53)55-3)37(51)47-17-5-7-31(47)35-41-27-15-13-25(19-29(27)43-35)23-9-11-24(12-10-23)26-14-16-28-30(20-26)44-36(42-28)32-8-6-18-48(32)38(52)34(22(2)50)46-40(54)56-4/h9-16,19-22,31-34,49-50H,5-8,17-18H2,1-4H3,(H,41,43)(H,42,44)(H,45,53)(H,46,54)/t21-,22-,31+,32+,33+,34+/m1/s1. The number of carbonyl (C=O) groups is 4. The number of hydrogen-bond acceptors (Lipinski definition) is 10. The van der Waals surface area contributed by atoms with Crippen LogP contribution >= 0.6 is 0 Å². The molecule has 2 aliphatic heterocycles. The number of ether oxygens (including phenoxy) is 2. The number of aromatic amines is 2. The maximum absolute atomic E-state index is 13.4. The molecule has 3 aromatic carbocycles. The molecular formula is C40H46N8O8. The number of benzene rings is 3. The summed E-state index contributed by atoms with van der Waals surface area (Å²) in [5.74, 6) is 0.492. The van der Waals surface area contributed by atoms with Crippen LogP contribution in [0.25, 0.3) is 44.3 Å². The number of nitrogens with zero attached hydrogens (tertiary/aromatic N) is 4. The van der Waals surface area contributed by atoms with E-state index >= 15 is 0 Å². The molecule has 56 heavy (non-hydrogen) atoms. The van der Waals surface area contributed by atoms with Gasteiger partial charge in [0.05, 0.1) is 60.6 Å². The molecule has 0 radical (unpaired) electrons. The third kappa shape index (κ3) is 7.62. The summed E-state index contributed by atoms with van der Waals surface area (Å²) >= 11 is 0. The lowest BCUT2D eigenvalue weighted by Gasteiger charge is -2.29. The summed E-state index contributed by atoms with van der Waals surface area (Å²) in [6, 6.07) is 17.2. The Morgan fingerprint density at radius 3 is 1.39 bits per heavy atom. The Hall–Kier alpha value is -6.00. The molecule has 2 saturated heterocycles. The number of aliphatic hydroxyl groups excluding tert-OH is 2. The molecule has 6 N–H and O–H groups in total. The number of imidazole rings is 2. The molecule has 0 unspecified atom stereocenters. The van der Waals surface area contributed by atoms with Gasteiger partial charge in [-0.15, -0.1) is 0 Å². The minimum Gasteiger partial charge on any atom is -0.453 e. The molecule has 2 aliphatic rings. The van der Waals surface area contributed by atoms with Crippen LogP contribution in [0.4, 0.5) is 9.59 Å².